The van der Waals surface area contributed by atoms with Crippen LogP contribution in [0.4, 0.5) is 19.0 Å². The number of likely N-dealkylation sites (tertiary alicyclic amines) is 1. The van der Waals surface area contributed by atoms with Crippen molar-refractivity contribution in [2.45, 2.75) is 50.9 Å². The first kappa shape index (κ1) is 30.6. The Balaban J connectivity index is 1.37. The molecule has 1 saturated carbocycles. The lowest BCUT2D eigenvalue weighted by molar-refractivity contribution is -0.137. The topological polar surface area (TPSA) is 99.6 Å². The second-order valence-electron chi connectivity index (χ2n) is 11.8. The smallest absolute Gasteiger partial charge is 0.347 e. The van der Waals surface area contributed by atoms with Gasteiger partial charge < -0.3 is 10.6 Å². The van der Waals surface area contributed by atoms with Crippen LogP contribution in [-0.4, -0.2) is 64.6 Å². The molecular formula is C33H35F3N6O3. The molecule has 45 heavy (non-hydrogen) atoms. The molecule has 2 atom stereocenters. The molecule has 1 aromatic heterocycles. The normalized spacial score (nSPS) is 19.9. The van der Waals surface area contributed by atoms with Gasteiger partial charge in [0.2, 0.25) is 5.91 Å². The number of carbonyl (C=O) groups excluding carboxylic acids is 3. The number of nitrogens with one attached hydrogen (secondary N) is 2. The van der Waals surface area contributed by atoms with Gasteiger partial charge in [-0.25, -0.2) is 4.68 Å². The Labute approximate surface area is 259 Å². The fraction of sp³-hybridized carbons (Fsp3) is 0.394. The zero-order valence-corrected chi connectivity index (χ0v) is 24.9. The summed E-state index contributed by atoms with van der Waals surface area (Å²) in [6.45, 7) is 8.45. The summed E-state index contributed by atoms with van der Waals surface area (Å²) in [5.41, 5.74) is 1.33. The zero-order valence-electron chi connectivity index (χ0n) is 24.9. The lowest BCUT2D eigenvalue weighted by Crippen LogP contribution is -2.56. The van der Waals surface area contributed by atoms with Crippen LogP contribution in [-0.2, 0) is 22.3 Å². The second-order valence-corrected chi connectivity index (χ2v) is 11.8. The predicted molar refractivity (Wildman–Crippen MR) is 162 cm³/mol. The average molecular weight is 621 g/mol. The Morgan fingerprint density at radius 2 is 1.80 bits per heavy atom. The monoisotopic (exact) mass is 620 g/mol. The largest absolute Gasteiger partial charge is 0.416 e. The van der Waals surface area contributed by atoms with E-state index >= 15 is 0 Å². The van der Waals surface area contributed by atoms with Crippen LogP contribution < -0.4 is 15.5 Å². The molecule has 2 N–H and O–H groups in total. The number of halogens is 3. The molecule has 2 fully saturated rings. The van der Waals surface area contributed by atoms with Crippen LogP contribution in [0, 0.1) is 5.92 Å². The van der Waals surface area contributed by atoms with Gasteiger partial charge in [-0.1, -0.05) is 30.8 Å². The Morgan fingerprint density at radius 3 is 2.42 bits per heavy atom. The van der Waals surface area contributed by atoms with Gasteiger partial charge in [0.15, 0.2) is 0 Å². The highest BCUT2D eigenvalue weighted by atomic mass is 19.4. The Morgan fingerprint density at radius 1 is 1.07 bits per heavy atom. The van der Waals surface area contributed by atoms with E-state index in [0.29, 0.717) is 23.6 Å². The third-order valence-corrected chi connectivity index (χ3v) is 8.74. The molecule has 2 aromatic carbocycles. The number of para-hydroxylation sites is 1. The summed E-state index contributed by atoms with van der Waals surface area (Å²) in [6.07, 6.45) is -1.89. The number of fused-ring (bicyclic) bond motifs is 1. The molecule has 0 unspecified atom stereocenters. The number of aromatic nitrogens is 2. The standard InChI is InChI=1S/C33H35F3N6O3/c1-3-41-31-27(25(39-42(31)24-11-5-4-6-12-24)18-37-29(43)20(2)19-40-15-8-16-40)26(21-13-14-21)28(32(41)45)38-30(44)22-9-7-10-23(17-22)33(34,35)36/h4-7,9-12,17,21,26,28H,2-3,8,13-16,18-19H2,1H3,(H,37,43)(H,38,44)/t26-,28-/m0/s1. The predicted octanol–water partition coefficient (Wildman–Crippen LogP) is 4.43. The van der Waals surface area contributed by atoms with Crippen LogP contribution in [0.2, 0.25) is 0 Å². The van der Waals surface area contributed by atoms with E-state index in [1.807, 2.05) is 37.3 Å². The summed E-state index contributed by atoms with van der Waals surface area (Å²) in [7, 11) is 0. The molecule has 12 heteroatoms. The van der Waals surface area contributed by atoms with Crippen molar-refractivity contribution >= 4 is 23.5 Å². The summed E-state index contributed by atoms with van der Waals surface area (Å²) >= 11 is 0. The lowest BCUT2D eigenvalue weighted by Gasteiger charge is -2.38. The number of alkyl halides is 3. The fourth-order valence-electron chi connectivity index (χ4n) is 6.19. The number of anilines is 1. The van der Waals surface area contributed by atoms with E-state index in [1.165, 1.54) is 12.1 Å². The minimum Gasteiger partial charge on any atom is -0.347 e. The minimum atomic E-state index is -4.62. The first-order valence-electron chi connectivity index (χ1n) is 15.2. The van der Waals surface area contributed by atoms with Crippen molar-refractivity contribution in [3.63, 3.8) is 0 Å². The number of benzene rings is 2. The molecule has 1 saturated heterocycles. The van der Waals surface area contributed by atoms with Crippen LogP contribution in [0.3, 0.4) is 0 Å². The van der Waals surface area contributed by atoms with Crippen LogP contribution in [0.5, 0.6) is 0 Å². The van der Waals surface area contributed by atoms with Crippen molar-refractivity contribution in [2.24, 2.45) is 5.92 Å². The van der Waals surface area contributed by atoms with Crippen LogP contribution in [0.25, 0.3) is 5.69 Å². The van der Waals surface area contributed by atoms with E-state index < -0.39 is 29.6 Å². The molecule has 3 heterocycles. The highest BCUT2D eigenvalue weighted by Gasteiger charge is 2.51. The van der Waals surface area contributed by atoms with Crippen LogP contribution in [0.1, 0.15) is 59.3 Å². The van der Waals surface area contributed by atoms with E-state index in [1.54, 1.807) is 9.58 Å². The van der Waals surface area contributed by atoms with E-state index in [4.69, 9.17) is 5.10 Å². The first-order chi connectivity index (χ1) is 21.6. The maximum atomic E-state index is 14.1. The summed E-state index contributed by atoms with van der Waals surface area (Å²) < 4.78 is 41.9. The SMILES string of the molecule is C=C(CN1CCC1)C(=O)NCc1nn(-c2ccccc2)c2c1[C@H](C1CC1)[C@H](NC(=O)c1cccc(C(F)(F)F)c1)C(=O)N2CC. The molecular weight excluding hydrogens is 585 g/mol. The molecule has 6 rings (SSSR count). The molecule has 3 amide bonds. The Hall–Kier alpha value is -4.45. The summed E-state index contributed by atoms with van der Waals surface area (Å²) in [4.78, 5) is 44.3. The molecule has 3 aliphatic rings. The third-order valence-electron chi connectivity index (χ3n) is 8.74. The van der Waals surface area contributed by atoms with E-state index in [2.05, 4.69) is 22.1 Å². The van der Waals surface area contributed by atoms with E-state index in [-0.39, 0.29) is 36.4 Å². The fourth-order valence-corrected chi connectivity index (χ4v) is 6.19. The highest BCUT2D eigenvalue weighted by molar-refractivity contribution is 6.05. The highest BCUT2D eigenvalue weighted by Crippen LogP contribution is 2.51. The van der Waals surface area contributed by atoms with Crippen LogP contribution >= 0.6 is 0 Å². The maximum absolute atomic E-state index is 14.1. The van der Waals surface area contributed by atoms with Crippen molar-refractivity contribution in [3.05, 3.63) is 89.1 Å². The van der Waals surface area contributed by atoms with Crippen molar-refractivity contribution in [3.8, 4) is 5.69 Å². The summed E-state index contributed by atoms with van der Waals surface area (Å²) in [5.74, 6) is -1.29. The molecule has 0 radical (unpaired) electrons. The molecule has 3 aromatic rings. The average Bonchev–Trinajstić information content (AvgIpc) is 3.78. The van der Waals surface area contributed by atoms with Crippen molar-refractivity contribution < 1.29 is 27.6 Å². The number of likely N-dealkylation sites (N-methyl/N-ethyl adjacent to an activating group) is 1. The van der Waals surface area contributed by atoms with Gasteiger partial charge in [-0.2, -0.15) is 18.3 Å². The van der Waals surface area contributed by atoms with Crippen molar-refractivity contribution in [2.75, 3.05) is 31.1 Å². The van der Waals surface area contributed by atoms with E-state index in [0.717, 1.165) is 55.7 Å². The molecule has 236 valence electrons. The second kappa shape index (κ2) is 12.2. The van der Waals surface area contributed by atoms with Gasteiger partial charge in [-0.3, -0.25) is 24.2 Å². The lowest BCUT2D eigenvalue weighted by atomic mass is 9.82. The van der Waals surface area contributed by atoms with Gasteiger partial charge in [-0.15, -0.1) is 0 Å². The van der Waals surface area contributed by atoms with Crippen LogP contribution in [0.15, 0.2) is 66.7 Å². The maximum Gasteiger partial charge on any atom is 0.416 e. The molecule has 0 spiro atoms. The number of nitrogens with zero attached hydrogens (tertiary/aromatic N) is 4. The van der Waals surface area contributed by atoms with Crippen molar-refractivity contribution in [1.29, 1.82) is 0 Å². The summed E-state index contributed by atoms with van der Waals surface area (Å²) in [6, 6.07) is 12.5. The Bertz CT molecular complexity index is 1630. The van der Waals surface area contributed by atoms with Crippen molar-refractivity contribution in [1.82, 2.24) is 25.3 Å². The molecule has 2 aliphatic heterocycles. The van der Waals surface area contributed by atoms with Gasteiger partial charge in [0, 0.05) is 35.7 Å². The number of hydrogen-bond donors (Lipinski definition) is 2. The number of carbonyl (C=O) groups is 3. The van der Waals surface area contributed by atoms with Gasteiger partial charge in [0.25, 0.3) is 11.8 Å². The molecule has 9 nitrogen and oxygen atoms in total. The summed E-state index contributed by atoms with van der Waals surface area (Å²) in [5, 5.41) is 10.7. The number of hydrogen-bond acceptors (Lipinski definition) is 5. The minimum absolute atomic E-state index is 0.0442. The van der Waals surface area contributed by atoms with Gasteiger partial charge in [0.05, 0.1) is 23.5 Å². The number of rotatable bonds is 10. The van der Waals surface area contributed by atoms with Gasteiger partial charge in [-0.05, 0) is 75.5 Å². The first-order valence-corrected chi connectivity index (χ1v) is 15.2. The molecule has 1 aliphatic carbocycles. The van der Waals surface area contributed by atoms with Gasteiger partial charge >= 0.3 is 6.18 Å². The quantitative estimate of drug-likeness (QED) is 0.327. The van der Waals surface area contributed by atoms with Gasteiger partial charge in [0.1, 0.15) is 11.9 Å². The number of amides is 3. The zero-order chi connectivity index (χ0) is 31.9. The third kappa shape index (κ3) is 6.11. The molecule has 0 bridgehead atoms. The van der Waals surface area contributed by atoms with E-state index in [9.17, 15) is 27.6 Å². The Kier molecular flexibility index (Phi) is 8.25.